The molecule has 2 rings (SSSR count). The Balaban J connectivity index is 2.10. The maximum Gasteiger partial charge on any atom is 0.166 e. The Bertz CT molecular complexity index is 400. The van der Waals surface area contributed by atoms with Gasteiger partial charge in [0.1, 0.15) is 5.82 Å². The number of ketones is 1. The normalized spacial score (nSPS) is 19.9. The summed E-state index contributed by atoms with van der Waals surface area (Å²) in [4.78, 5) is 11.9. The summed E-state index contributed by atoms with van der Waals surface area (Å²) in [5.74, 6) is -0.506. The molecule has 0 saturated carbocycles. The van der Waals surface area contributed by atoms with Crippen LogP contribution in [0, 0.1) is 5.82 Å². The zero-order valence-corrected chi connectivity index (χ0v) is 9.00. The molecule has 1 aliphatic rings. The zero-order chi connectivity index (χ0) is 11.5. The van der Waals surface area contributed by atoms with Gasteiger partial charge in [-0.05, 0) is 37.6 Å². The second kappa shape index (κ2) is 4.61. The van der Waals surface area contributed by atoms with E-state index >= 15 is 0 Å². The maximum atomic E-state index is 13.0. The maximum absolute atomic E-state index is 13.0. The third-order valence-corrected chi connectivity index (χ3v) is 2.91. The summed E-state index contributed by atoms with van der Waals surface area (Å²) >= 11 is 0. The Labute approximate surface area is 93.8 Å². The molecule has 1 heterocycles. The van der Waals surface area contributed by atoms with Crippen molar-refractivity contribution in [2.45, 2.75) is 25.3 Å². The van der Waals surface area contributed by atoms with Gasteiger partial charge in [-0.3, -0.25) is 4.79 Å². The molecule has 0 radical (unpaired) electrons. The first kappa shape index (κ1) is 11.1. The summed E-state index contributed by atoms with van der Waals surface area (Å²) in [5, 5.41) is 3.24. The van der Waals surface area contributed by atoms with Gasteiger partial charge >= 0.3 is 0 Å². The fourth-order valence-corrected chi connectivity index (χ4v) is 2.03. The summed E-state index contributed by atoms with van der Waals surface area (Å²) < 4.78 is 13.0. The first-order chi connectivity index (χ1) is 7.66. The van der Waals surface area contributed by atoms with Crippen molar-refractivity contribution in [2.75, 3.05) is 12.3 Å². The second-order valence-corrected chi connectivity index (χ2v) is 4.15. The van der Waals surface area contributed by atoms with Crippen molar-refractivity contribution in [1.82, 2.24) is 5.32 Å². The minimum Gasteiger partial charge on any atom is -0.398 e. The zero-order valence-electron chi connectivity index (χ0n) is 9.00. The molecule has 16 heavy (non-hydrogen) atoms. The molecule has 3 N–H and O–H groups in total. The third-order valence-electron chi connectivity index (χ3n) is 2.91. The van der Waals surface area contributed by atoms with Crippen LogP contribution in [0.2, 0.25) is 0 Å². The highest BCUT2D eigenvalue weighted by Gasteiger charge is 2.20. The molecule has 0 bridgehead atoms. The molecule has 1 aromatic rings. The topological polar surface area (TPSA) is 55.1 Å². The van der Waals surface area contributed by atoms with Crippen molar-refractivity contribution < 1.29 is 9.18 Å². The molecule has 1 atom stereocenters. The number of carbonyl (C=O) groups excluding carboxylic acids is 1. The van der Waals surface area contributed by atoms with Crippen LogP contribution in [0.25, 0.3) is 0 Å². The Morgan fingerprint density at radius 2 is 2.38 bits per heavy atom. The van der Waals surface area contributed by atoms with Gasteiger partial charge in [0.15, 0.2) is 5.78 Å². The molecule has 86 valence electrons. The molecule has 1 aliphatic heterocycles. The summed E-state index contributed by atoms with van der Waals surface area (Å²) in [6.45, 7) is 0.955. The molecule has 0 aliphatic carbocycles. The smallest absolute Gasteiger partial charge is 0.166 e. The molecule has 1 saturated heterocycles. The Morgan fingerprint density at radius 1 is 1.56 bits per heavy atom. The second-order valence-electron chi connectivity index (χ2n) is 4.15. The number of halogens is 1. The number of hydrogen-bond acceptors (Lipinski definition) is 3. The van der Waals surface area contributed by atoms with Crippen LogP contribution < -0.4 is 11.1 Å². The summed E-state index contributed by atoms with van der Waals surface area (Å²) in [7, 11) is 0. The number of Topliss-reactive ketones (excluding diaryl/α,β-unsaturated/α-hetero) is 1. The molecule has 1 aromatic carbocycles. The van der Waals surface area contributed by atoms with Gasteiger partial charge in [-0.15, -0.1) is 0 Å². The SMILES string of the molecule is Nc1ccc(F)cc1C(=O)CC1CCCN1. The van der Waals surface area contributed by atoms with Crippen molar-refractivity contribution in [3.8, 4) is 0 Å². The molecular weight excluding hydrogens is 207 g/mol. The van der Waals surface area contributed by atoms with E-state index in [0.717, 1.165) is 19.4 Å². The van der Waals surface area contributed by atoms with Gasteiger partial charge in [0.25, 0.3) is 0 Å². The van der Waals surface area contributed by atoms with Gasteiger partial charge in [-0.25, -0.2) is 4.39 Å². The number of nitrogen functional groups attached to an aromatic ring is 1. The number of nitrogens with one attached hydrogen (secondary N) is 1. The van der Waals surface area contributed by atoms with E-state index in [9.17, 15) is 9.18 Å². The predicted molar refractivity (Wildman–Crippen MR) is 60.8 cm³/mol. The third kappa shape index (κ3) is 2.39. The Kier molecular flexibility index (Phi) is 3.19. The van der Waals surface area contributed by atoms with Crippen LogP contribution in [-0.2, 0) is 0 Å². The van der Waals surface area contributed by atoms with Gasteiger partial charge in [-0.1, -0.05) is 0 Å². The van der Waals surface area contributed by atoms with Crippen molar-refractivity contribution in [2.24, 2.45) is 0 Å². The molecule has 3 nitrogen and oxygen atoms in total. The molecular formula is C12H15FN2O. The monoisotopic (exact) mass is 222 g/mol. The van der Waals surface area contributed by atoms with Gasteiger partial charge in [0.05, 0.1) is 0 Å². The number of anilines is 1. The van der Waals surface area contributed by atoms with Gasteiger partial charge in [0, 0.05) is 23.7 Å². The molecule has 4 heteroatoms. The minimum absolute atomic E-state index is 0.0867. The fourth-order valence-electron chi connectivity index (χ4n) is 2.03. The van der Waals surface area contributed by atoms with Crippen LogP contribution in [0.15, 0.2) is 18.2 Å². The largest absolute Gasteiger partial charge is 0.398 e. The van der Waals surface area contributed by atoms with Gasteiger partial charge < -0.3 is 11.1 Å². The lowest BCUT2D eigenvalue weighted by atomic mass is 10.0. The van der Waals surface area contributed by atoms with Crippen molar-refractivity contribution in [3.05, 3.63) is 29.6 Å². The quantitative estimate of drug-likeness (QED) is 0.605. The average Bonchev–Trinajstić information content (AvgIpc) is 2.74. The van der Waals surface area contributed by atoms with Crippen LogP contribution in [0.3, 0.4) is 0 Å². The van der Waals surface area contributed by atoms with E-state index in [1.54, 1.807) is 0 Å². The van der Waals surface area contributed by atoms with Crippen LogP contribution in [-0.4, -0.2) is 18.4 Å². The van der Waals surface area contributed by atoms with Crippen molar-refractivity contribution in [3.63, 3.8) is 0 Å². The van der Waals surface area contributed by atoms with Crippen molar-refractivity contribution in [1.29, 1.82) is 0 Å². The first-order valence-corrected chi connectivity index (χ1v) is 5.48. The van der Waals surface area contributed by atoms with Gasteiger partial charge in [0.2, 0.25) is 0 Å². The molecule has 1 fully saturated rings. The van der Waals surface area contributed by atoms with E-state index in [4.69, 9.17) is 5.73 Å². The van der Waals surface area contributed by atoms with Gasteiger partial charge in [-0.2, -0.15) is 0 Å². The highest BCUT2D eigenvalue weighted by Crippen LogP contribution is 2.18. The van der Waals surface area contributed by atoms with E-state index in [-0.39, 0.29) is 11.8 Å². The lowest BCUT2D eigenvalue weighted by Gasteiger charge is -2.10. The Hall–Kier alpha value is -1.42. The number of hydrogen-bond donors (Lipinski definition) is 2. The standard InChI is InChI=1S/C12H15FN2O/c13-8-3-4-11(14)10(6-8)12(16)7-9-2-1-5-15-9/h3-4,6,9,15H,1-2,5,7,14H2. The average molecular weight is 222 g/mol. The lowest BCUT2D eigenvalue weighted by molar-refractivity contribution is 0.0972. The van der Waals surface area contributed by atoms with E-state index < -0.39 is 5.82 Å². The Morgan fingerprint density at radius 3 is 3.06 bits per heavy atom. The van der Waals surface area contributed by atoms with Crippen LogP contribution in [0.4, 0.5) is 10.1 Å². The minimum atomic E-state index is -0.420. The number of rotatable bonds is 3. The highest BCUT2D eigenvalue weighted by atomic mass is 19.1. The summed E-state index contributed by atoms with van der Waals surface area (Å²) in [6, 6.07) is 4.13. The van der Waals surface area contributed by atoms with Crippen molar-refractivity contribution >= 4 is 11.5 Å². The predicted octanol–water partition coefficient (Wildman–Crippen LogP) is 1.73. The molecule has 0 amide bonds. The molecule has 0 spiro atoms. The number of benzene rings is 1. The van der Waals surface area contributed by atoms with E-state index in [1.807, 2.05) is 0 Å². The summed E-state index contributed by atoms with van der Waals surface area (Å²) in [6.07, 6.45) is 2.49. The summed E-state index contributed by atoms with van der Waals surface area (Å²) in [5.41, 5.74) is 6.31. The fraction of sp³-hybridized carbons (Fsp3) is 0.417. The first-order valence-electron chi connectivity index (χ1n) is 5.48. The van der Waals surface area contributed by atoms with Crippen LogP contribution >= 0.6 is 0 Å². The van der Waals surface area contributed by atoms with E-state index in [2.05, 4.69) is 5.32 Å². The van der Waals surface area contributed by atoms with E-state index in [0.29, 0.717) is 17.7 Å². The highest BCUT2D eigenvalue weighted by molar-refractivity contribution is 6.01. The molecule has 1 unspecified atom stereocenters. The van der Waals surface area contributed by atoms with Crippen LogP contribution in [0.5, 0.6) is 0 Å². The number of carbonyl (C=O) groups is 1. The van der Waals surface area contributed by atoms with E-state index in [1.165, 1.54) is 18.2 Å². The van der Waals surface area contributed by atoms with Crippen LogP contribution in [0.1, 0.15) is 29.6 Å². The molecule has 0 aromatic heterocycles. The lowest BCUT2D eigenvalue weighted by Crippen LogP contribution is -2.24. The number of nitrogens with two attached hydrogens (primary N) is 1.